The van der Waals surface area contributed by atoms with Gasteiger partial charge in [0.25, 0.3) is 0 Å². The summed E-state index contributed by atoms with van der Waals surface area (Å²) in [5.74, 6) is 0. The Balaban J connectivity index is 1.26. The number of carbonyl (C=O) groups excluding carboxylic acids is 1. The van der Waals surface area contributed by atoms with Crippen molar-refractivity contribution >= 4 is 17.1 Å². The molecule has 2 fully saturated rings. The number of hydrogen-bond acceptors (Lipinski definition) is 4. The maximum atomic E-state index is 12.6. The zero-order valence-electron chi connectivity index (χ0n) is 20.5. The summed E-state index contributed by atoms with van der Waals surface area (Å²) in [5, 5.41) is 3.13. The quantitative estimate of drug-likeness (QED) is 0.500. The fraction of sp³-hybridized carbons (Fsp3) is 0.500. The molecule has 0 saturated carbocycles. The van der Waals surface area contributed by atoms with Crippen LogP contribution in [0, 0.1) is 0 Å². The molecule has 2 aliphatic heterocycles. The minimum absolute atomic E-state index is 0.0641. The van der Waals surface area contributed by atoms with Gasteiger partial charge in [-0.1, -0.05) is 42.5 Å². The largest absolute Gasteiger partial charge is 0.444 e. The fourth-order valence-electron chi connectivity index (χ4n) is 5.84. The normalized spacial score (nSPS) is 23.7. The van der Waals surface area contributed by atoms with E-state index in [-0.39, 0.29) is 12.1 Å². The van der Waals surface area contributed by atoms with Crippen LogP contribution in [0.4, 0.5) is 4.79 Å². The fourth-order valence-corrected chi connectivity index (χ4v) is 5.84. The van der Waals surface area contributed by atoms with Crippen LogP contribution in [0.1, 0.15) is 70.5 Å². The van der Waals surface area contributed by atoms with Gasteiger partial charge in [-0.2, -0.15) is 0 Å². The molecule has 2 aromatic carbocycles. The molecule has 1 aromatic heterocycles. The Hall–Kier alpha value is -2.86. The number of para-hydroxylation sites is 2. The average molecular weight is 461 g/mol. The highest BCUT2D eigenvalue weighted by molar-refractivity contribution is 5.75. The standard InChI is InChI=1S/C28H36N4O2/c1-28(2,3)34-27(33)30-24(20-9-5-4-6-10-20)15-16-31-21-13-14-22(31)18-23(17-21)32-19-29-25-11-7-8-12-26(25)32/h4-12,19,21-24H,13-18H2,1-3H3,(H,30,33)/t21?,22?,23?,24-/m1/s1. The number of carbonyl (C=O) groups is 1. The predicted octanol–water partition coefficient (Wildman–Crippen LogP) is 5.86. The summed E-state index contributed by atoms with van der Waals surface area (Å²) in [6, 6.07) is 20.3. The average Bonchev–Trinajstić information content (AvgIpc) is 3.33. The van der Waals surface area contributed by atoms with E-state index in [2.05, 4.69) is 56.2 Å². The molecule has 0 radical (unpaired) electrons. The number of fused-ring (bicyclic) bond motifs is 3. The highest BCUT2D eigenvalue weighted by Gasteiger charge is 2.41. The molecule has 6 heteroatoms. The van der Waals surface area contributed by atoms with E-state index in [9.17, 15) is 4.79 Å². The Kier molecular flexibility index (Phi) is 6.34. The van der Waals surface area contributed by atoms with E-state index < -0.39 is 5.60 Å². The van der Waals surface area contributed by atoms with Gasteiger partial charge >= 0.3 is 6.09 Å². The Morgan fingerprint density at radius 1 is 1.03 bits per heavy atom. The van der Waals surface area contributed by atoms with Crippen molar-refractivity contribution in [3.8, 4) is 0 Å². The lowest BCUT2D eigenvalue weighted by molar-refractivity contribution is 0.0489. The van der Waals surface area contributed by atoms with Gasteiger partial charge in [-0.15, -0.1) is 0 Å². The van der Waals surface area contributed by atoms with Gasteiger partial charge in [-0.25, -0.2) is 9.78 Å². The van der Waals surface area contributed by atoms with Crippen LogP contribution in [0.3, 0.4) is 0 Å². The number of piperidine rings is 1. The van der Waals surface area contributed by atoms with Crippen molar-refractivity contribution in [2.75, 3.05) is 6.54 Å². The van der Waals surface area contributed by atoms with Gasteiger partial charge in [-0.3, -0.25) is 4.90 Å². The lowest BCUT2D eigenvalue weighted by Crippen LogP contribution is -2.45. The first-order chi connectivity index (χ1) is 16.4. The molecular formula is C28H36N4O2. The van der Waals surface area contributed by atoms with Crippen molar-refractivity contribution in [2.45, 2.75) is 82.6 Å². The van der Waals surface area contributed by atoms with Gasteiger partial charge < -0.3 is 14.6 Å². The van der Waals surface area contributed by atoms with E-state index in [0.29, 0.717) is 18.1 Å². The van der Waals surface area contributed by atoms with Gasteiger partial charge in [0.2, 0.25) is 0 Å². The summed E-state index contributed by atoms with van der Waals surface area (Å²) in [6.07, 6.45) is 7.37. The Morgan fingerprint density at radius 2 is 1.71 bits per heavy atom. The second-order valence-electron chi connectivity index (χ2n) is 10.8. The van der Waals surface area contributed by atoms with Gasteiger partial charge in [0.1, 0.15) is 5.60 Å². The van der Waals surface area contributed by atoms with Crippen LogP contribution in [0.2, 0.25) is 0 Å². The molecule has 3 heterocycles. The van der Waals surface area contributed by atoms with Crippen molar-refractivity contribution in [3.05, 3.63) is 66.5 Å². The summed E-state index contributed by atoms with van der Waals surface area (Å²) >= 11 is 0. The van der Waals surface area contributed by atoms with Gasteiger partial charge in [0.15, 0.2) is 0 Å². The summed E-state index contributed by atoms with van der Waals surface area (Å²) in [5.41, 5.74) is 2.94. The molecule has 6 nitrogen and oxygen atoms in total. The summed E-state index contributed by atoms with van der Waals surface area (Å²) in [7, 11) is 0. The van der Waals surface area contributed by atoms with Crippen molar-refractivity contribution in [3.63, 3.8) is 0 Å². The molecule has 5 rings (SSSR count). The van der Waals surface area contributed by atoms with Crippen molar-refractivity contribution in [1.82, 2.24) is 19.8 Å². The summed E-state index contributed by atoms with van der Waals surface area (Å²) in [4.78, 5) is 19.9. The van der Waals surface area contributed by atoms with Crippen LogP contribution in [0.25, 0.3) is 11.0 Å². The molecule has 3 atom stereocenters. The molecule has 2 unspecified atom stereocenters. The highest BCUT2D eigenvalue weighted by Crippen LogP contribution is 2.42. The predicted molar refractivity (Wildman–Crippen MR) is 135 cm³/mol. The number of nitrogens with zero attached hydrogens (tertiary/aromatic N) is 3. The van der Waals surface area contributed by atoms with Crippen LogP contribution >= 0.6 is 0 Å². The second kappa shape index (κ2) is 9.41. The SMILES string of the molecule is CC(C)(C)OC(=O)N[C@H](CCN1C2CCC1CC(n1cnc3ccccc31)C2)c1ccccc1. The smallest absolute Gasteiger partial charge is 0.408 e. The molecular weight excluding hydrogens is 424 g/mol. The van der Waals surface area contributed by atoms with E-state index in [0.717, 1.165) is 36.9 Å². The van der Waals surface area contributed by atoms with Crippen LogP contribution < -0.4 is 5.32 Å². The van der Waals surface area contributed by atoms with E-state index >= 15 is 0 Å². The molecule has 0 spiro atoms. The lowest BCUT2D eigenvalue weighted by atomic mass is 9.95. The van der Waals surface area contributed by atoms with Crippen molar-refractivity contribution in [1.29, 1.82) is 0 Å². The maximum Gasteiger partial charge on any atom is 0.408 e. The monoisotopic (exact) mass is 460 g/mol. The summed E-state index contributed by atoms with van der Waals surface area (Å²) < 4.78 is 7.95. The molecule has 34 heavy (non-hydrogen) atoms. The minimum atomic E-state index is -0.510. The van der Waals surface area contributed by atoms with Crippen molar-refractivity contribution in [2.24, 2.45) is 0 Å². The van der Waals surface area contributed by atoms with Gasteiger partial charge in [-0.05, 0) is 70.6 Å². The first kappa shape index (κ1) is 22.9. The van der Waals surface area contributed by atoms with E-state index in [1.165, 1.54) is 18.4 Å². The number of amides is 1. The molecule has 180 valence electrons. The topological polar surface area (TPSA) is 59.4 Å². The number of rotatable bonds is 6. The Bertz CT molecular complexity index is 1110. The number of alkyl carbamates (subject to hydrolysis) is 1. The molecule has 2 saturated heterocycles. The van der Waals surface area contributed by atoms with Gasteiger partial charge in [0, 0.05) is 24.7 Å². The number of imidazole rings is 1. The van der Waals surface area contributed by atoms with Gasteiger partial charge in [0.05, 0.1) is 23.4 Å². The molecule has 0 aliphatic carbocycles. The lowest BCUT2D eigenvalue weighted by Gasteiger charge is -2.40. The number of nitrogens with one attached hydrogen (secondary N) is 1. The molecule has 2 aliphatic rings. The van der Waals surface area contributed by atoms with Crippen LogP contribution in [-0.2, 0) is 4.74 Å². The van der Waals surface area contributed by atoms with E-state index in [4.69, 9.17) is 4.74 Å². The third kappa shape index (κ3) is 4.97. The first-order valence-corrected chi connectivity index (χ1v) is 12.6. The van der Waals surface area contributed by atoms with E-state index in [1.807, 2.05) is 45.3 Å². The van der Waals surface area contributed by atoms with Crippen molar-refractivity contribution < 1.29 is 9.53 Å². The van der Waals surface area contributed by atoms with Crippen LogP contribution in [-0.4, -0.2) is 44.8 Å². The highest BCUT2D eigenvalue weighted by atomic mass is 16.6. The third-order valence-corrected chi connectivity index (χ3v) is 7.30. The minimum Gasteiger partial charge on any atom is -0.444 e. The van der Waals surface area contributed by atoms with Crippen LogP contribution in [0.15, 0.2) is 60.9 Å². The number of hydrogen-bond donors (Lipinski definition) is 1. The third-order valence-electron chi connectivity index (χ3n) is 7.30. The number of aromatic nitrogens is 2. The number of benzene rings is 2. The molecule has 2 bridgehead atoms. The molecule has 1 N–H and O–H groups in total. The Labute approximate surface area is 202 Å². The zero-order chi connectivity index (χ0) is 23.7. The van der Waals surface area contributed by atoms with Crippen LogP contribution in [0.5, 0.6) is 0 Å². The van der Waals surface area contributed by atoms with E-state index in [1.54, 1.807) is 0 Å². The maximum absolute atomic E-state index is 12.6. The summed E-state index contributed by atoms with van der Waals surface area (Å²) in [6.45, 7) is 6.67. The zero-order valence-corrected chi connectivity index (χ0v) is 20.5. The second-order valence-corrected chi connectivity index (χ2v) is 10.8. The first-order valence-electron chi connectivity index (χ1n) is 12.6. The number of ether oxygens (including phenoxy) is 1. The Morgan fingerprint density at radius 3 is 2.41 bits per heavy atom. The molecule has 1 amide bonds. The molecule has 3 aromatic rings.